The van der Waals surface area contributed by atoms with Gasteiger partial charge in [-0.1, -0.05) is 0 Å². The number of carbonyl (C=O) groups excluding carboxylic acids is 1. The Bertz CT molecular complexity index is 461. The second kappa shape index (κ2) is 5.88. The second-order valence-electron chi connectivity index (χ2n) is 4.84. The molecule has 19 heavy (non-hydrogen) atoms. The number of piperazine rings is 1. The summed E-state index contributed by atoms with van der Waals surface area (Å²) in [6, 6.07) is 1.82. The number of carbonyl (C=O) groups is 2. The fraction of sp³-hybridized carbons (Fsp3) is 0.538. The highest BCUT2D eigenvalue weighted by molar-refractivity contribution is 5.94. The van der Waals surface area contributed by atoms with Crippen LogP contribution in [0.4, 0.5) is 0 Å². The minimum atomic E-state index is -0.775. The summed E-state index contributed by atoms with van der Waals surface area (Å²) in [6.07, 6.45) is 3.84. The first kappa shape index (κ1) is 13.6. The van der Waals surface area contributed by atoms with E-state index in [0.29, 0.717) is 25.2 Å². The third kappa shape index (κ3) is 3.57. The largest absolute Gasteiger partial charge is 0.481 e. The van der Waals surface area contributed by atoms with Crippen molar-refractivity contribution in [1.29, 1.82) is 0 Å². The number of rotatable bonds is 4. The van der Waals surface area contributed by atoms with Crippen molar-refractivity contribution in [1.82, 2.24) is 14.4 Å². The molecule has 1 aromatic rings. The summed E-state index contributed by atoms with van der Waals surface area (Å²) in [5.74, 6) is -0.721. The Hall–Kier alpha value is -1.82. The Morgan fingerprint density at radius 2 is 1.95 bits per heavy atom. The quantitative estimate of drug-likeness (QED) is 0.848. The standard InChI is InChI=1S/C13H19N3O3/c1-14-4-2-11(10-14)13(19)16-8-6-15(7-9-16)5-3-12(17)18/h2,4,10H,3,5-9H2,1H3,(H,17,18). The summed E-state index contributed by atoms with van der Waals surface area (Å²) in [5.41, 5.74) is 0.710. The van der Waals surface area contributed by atoms with E-state index in [-0.39, 0.29) is 12.3 Å². The number of carboxylic acid groups (broad SMARTS) is 1. The van der Waals surface area contributed by atoms with Crippen LogP contribution >= 0.6 is 0 Å². The predicted octanol–water partition coefficient (Wildman–Crippen LogP) is 0.258. The van der Waals surface area contributed by atoms with Gasteiger partial charge in [-0.15, -0.1) is 0 Å². The van der Waals surface area contributed by atoms with Gasteiger partial charge in [-0.05, 0) is 6.07 Å². The van der Waals surface area contributed by atoms with Gasteiger partial charge in [-0.3, -0.25) is 14.5 Å². The van der Waals surface area contributed by atoms with Crippen molar-refractivity contribution in [3.8, 4) is 0 Å². The fourth-order valence-electron chi connectivity index (χ4n) is 2.24. The molecule has 1 aliphatic rings. The zero-order valence-electron chi connectivity index (χ0n) is 11.1. The first-order valence-electron chi connectivity index (χ1n) is 6.41. The molecule has 1 amide bonds. The van der Waals surface area contributed by atoms with E-state index >= 15 is 0 Å². The van der Waals surface area contributed by atoms with Crippen molar-refractivity contribution in [3.05, 3.63) is 24.0 Å². The highest BCUT2D eigenvalue weighted by atomic mass is 16.4. The number of amides is 1. The van der Waals surface area contributed by atoms with E-state index in [9.17, 15) is 9.59 Å². The van der Waals surface area contributed by atoms with Crippen molar-refractivity contribution >= 4 is 11.9 Å². The summed E-state index contributed by atoms with van der Waals surface area (Å²) in [7, 11) is 1.89. The lowest BCUT2D eigenvalue weighted by atomic mass is 10.2. The Morgan fingerprint density at radius 3 is 2.47 bits per heavy atom. The van der Waals surface area contributed by atoms with Gasteiger partial charge in [0.25, 0.3) is 5.91 Å². The molecule has 0 aliphatic carbocycles. The van der Waals surface area contributed by atoms with E-state index in [0.717, 1.165) is 13.1 Å². The van der Waals surface area contributed by atoms with E-state index in [1.165, 1.54) is 0 Å². The van der Waals surface area contributed by atoms with Crippen LogP contribution in [0, 0.1) is 0 Å². The summed E-state index contributed by atoms with van der Waals surface area (Å²) in [6.45, 7) is 3.36. The minimum Gasteiger partial charge on any atom is -0.481 e. The Labute approximate surface area is 112 Å². The average Bonchev–Trinajstić information content (AvgIpc) is 2.83. The van der Waals surface area contributed by atoms with Crippen LogP contribution in [0.3, 0.4) is 0 Å². The van der Waals surface area contributed by atoms with Gasteiger partial charge >= 0.3 is 5.97 Å². The Kier molecular flexibility index (Phi) is 4.21. The van der Waals surface area contributed by atoms with Crippen molar-refractivity contribution in [2.24, 2.45) is 7.05 Å². The molecule has 104 valence electrons. The molecule has 0 radical (unpaired) electrons. The van der Waals surface area contributed by atoms with Crippen molar-refractivity contribution in [3.63, 3.8) is 0 Å². The topological polar surface area (TPSA) is 65.8 Å². The summed E-state index contributed by atoms with van der Waals surface area (Å²) in [5, 5.41) is 8.64. The summed E-state index contributed by atoms with van der Waals surface area (Å²) in [4.78, 5) is 26.6. The summed E-state index contributed by atoms with van der Waals surface area (Å²) >= 11 is 0. The lowest BCUT2D eigenvalue weighted by Crippen LogP contribution is -2.49. The van der Waals surface area contributed by atoms with Gasteiger partial charge in [0, 0.05) is 52.2 Å². The van der Waals surface area contributed by atoms with Crippen molar-refractivity contribution in [2.75, 3.05) is 32.7 Å². The monoisotopic (exact) mass is 265 g/mol. The first-order chi connectivity index (χ1) is 9.06. The van der Waals surface area contributed by atoms with Crippen molar-refractivity contribution < 1.29 is 14.7 Å². The molecule has 0 aromatic carbocycles. The molecule has 1 N–H and O–H groups in total. The van der Waals surface area contributed by atoms with Crippen LogP contribution in [-0.2, 0) is 11.8 Å². The third-order valence-electron chi connectivity index (χ3n) is 3.38. The summed E-state index contributed by atoms with van der Waals surface area (Å²) < 4.78 is 1.86. The van der Waals surface area contributed by atoms with Crippen LogP contribution in [0.2, 0.25) is 0 Å². The number of nitrogens with zero attached hydrogens (tertiary/aromatic N) is 3. The van der Waals surface area contributed by atoms with Crippen LogP contribution in [-0.4, -0.2) is 64.1 Å². The molecule has 0 unspecified atom stereocenters. The van der Waals surface area contributed by atoms with Gasteiger partial charge in [0.2, 0.25) is 0 Å². The van der Waals surface area contributed by atoms with Gasteiger partial charge in [-0.25, -0.2) is 0 Å². The van der Waals surface area contributed by atoms with Gasteiger partial charge in [0.1, 0.15) is 0 Å². The number of aliphatic carboxylic acids is 1. The lowest BCUT2D eigenvalue weighted by Gasteiger charge is -2.34. The molecule has 0 spiro atoms. The number of aromatic nitrogens is 1. The van der Waals surface area contributed by atoms with Gasteiger partial charge in [-0.2, -0.15) is 0 Å². The first-order valence-corrected chi connectivity index (χ1v) is 6.41. The molecular weight excluding hydrogens is 246 g/mol. The number of hydrogen-bond acceptors (Lipinski definition) is 3. The molecule has 2 rings (SSSR count). The minimum absolute atomic E-state index is 0.0542. The van der Waals surface area contributed by atoms with Crippen molar-refractivity contribution in [2.45, 2.75) is 6.42 Å². The number of hydrogen-bond donors (Lipinski definition) is 1. The van der Waals surface area contributed by atoms with Gasteiger partial charge in [0.05, 0.1) is 12.0 Å². The highest BCUT2D eigenvalue weighted by Crippen LogP contribution is 2.09. The molecule has 2 heterocycles. The van der Waals surface area contributed by atoms with E-state index in [2.05, 4.69) is 4.90 Å². The molecule has 0 bridgehead atoms. The van der Waals surface area contributed by atoms with E-state index < -0.39 is 5.97 Å². The van der Waals surface area contributed by atoms with Crippen LogP contribution in [0.15, 0.2) is 18.5 Å². The third-order valence-corrected chi connectivity index (χ3v) is 3.38. The van der Waals surface area contributed by atoms with Crippen LogP contribution in [0.25, 0.3) is 0 Å². The average molecular weight is 265 g/mol. The maximum Gasteiger partial charge on any atom is 0.304 e. The molecule has 1 aromatic heterocycles. The van der Waals surface area contributed by atoms with E-state index in [1.807, 2.05) is 35.0 Å². The zero-order valence-corrected chi connectivity index (χ0v) is 11.1. The maximum atomic E-state index is 12.2. The molecular formula is C13H19N3O3. The van der Waals surface area contributed by atoms with E-state index in [1.54, 1.807) is 0 Å². The lowest BCUT2D eigenvalue weighted by molar-refractivity contribution is -0.137. The smallest absolute Gasteiger partial charge is 0.304 e. The Balaban J connectivity index is 1.83. The SMILES string of the molecule is Cn1ccc(C(=O)N2CCN(CCC(=O)O)CC2)c1. The molecule has 1 saturated heterocycles. The van der Waals surface area contributed by atoms with E-state index in [4.69, 9.17) is 5.11 Å². The second-order valence-corrected chi connectivity index (χ2v) is 4.84. The van der Waals surface area contributed by atoms with Gasteiger partial charge < -0.3 is 14.6 Å². The number of aryl methyl sites for hydroxylation is 1. The molecule has 6 nitrogen and oxygen atoms in total. The molecule has 1 fully saturated rings. The fourth-order valence-corrected chi connectivity index (χ4v) is 2.24. The molecule has 6 heteroatoms. The highest BCUT2D eigenvalue weighted by Gasteiger charge is 2.22. The predicted molar refractivity (Wildman–Crippen MR) is 70.0 cm³/mol. The molecule has 0 saturated carbocycles. The normalized spacial score (nSPS) is 16.6. The molecule has 0 atom stereocenters. The van der Waals surface area contributed by atoms with Crippen LogP contribution in [0.1, 0.15) is 16.8 Å². The van der Waals surface area contributed by atoms with Crippen LogP contribution in [0.5, 0.6) is 0 Å². The van der Waals surface area contributed by atoms with Crippen LogP contribution < -0.4 is 0 Å². The van der Waals surface area contributed by atoms with Gasteiger partial charge in [0.15, 0.2) is 0 Å². The molecule has 1 aliphatic heterocycles. The maximum absolute atomic E-state index is 12.2. The Morgan fingerprint density at radius 1 is 1.26 bits per heavy atom. The number of carboxylic acids is 1. The zero-order chi connectivity index (χ0) is 13.8.